The molecule has 3 heterocycles. The lowest BCUT2D eigenvalue weighted by Gasteiger charge is -2.04. The van der Waals surface area contributed by atoms with Crippen molar-refractivity contribution < 1.29 is 4.92 Å². The molecule has 310 valence electrons. The van der Waals surface area contributed by atoms with Gasteiger partial charge in [-0.25, -0.2) is 0 Å². The van der Waals surface area contributed by atoms with Gasteiger partial charge in [0.25, 0.3) is 0 Å². The van der Waals surface area contributed by atoms with E-state index in [1.165, 1.54) is 51.8 Å². The van der Waals surface area contributed by atoms with Crippen molar-refractivity contribution in [3.8, 4) is 6.07 Å². The highest BCUT2D eigenvalue weighted by Crippen LogP contribution is 2.21. The molecule has 0 atom stereocenters. The van der Waals surface area contributed by atoms with Gasteiger partial charge >= 0.3 is 0 Å². The van der Waals surface area contributed by atoms with Crippen LogP contribution in [-0.4, -0.2) is 41.3 Å². The molecule has 0 saturated carbocycles. The van der Waals surface area contributed by atoms with Gasteiger partial charge in [0, 0.05) is 50.6 Å². The van der Waals surface area contributed by atoms with Crippen molar-refractivity contribution in [2.75, 3.05) is 7.05 Å². The Morgan fingerprint density at radius 2 is 1.02 bits per heavy atom. The number of nitrogens with zero attached hydrogens (tertiary/aromatic N) is 8. The van der Waals surface area contributed by atoms with E-state index < -0.39 is 4.92 Å². The Kier molecular flexibility index (Phi) is 26.9. The molecule has 0 aliphatic rings. The van der Waals surface area contributed by atoms with Crippen LogP contribution in [-0.2, 0) is 21.1 Å². The molecule has 5 aromatic rings. The van der Waals surface area contributed by atoms with Crippen molar-refractivity contribution in [1.29, 1.82) is 5.26 Å². The first kappa shape index (κ1) is 53.1. The molecule has 0 unspecified atom stereocenters. The lowest BCUT2D eigenvalue weighted by Crippen LogP contribution is -1.94. The third-order valence-corrected chi connectivity index (χ3v) is 8.64. The molecule has 0 aliphatic carbocycles. The maximum absolute atomic E-state index is 8.81. The number of aryl methyl sites for hydroxylation is 5. The summed E-state index contributed by atoms with van der Waals surface area (Å²) in [4.78, 5) is 8.31. The van der Waals surface area contributed by atoms with Gasteiger partial charge in [0.1, 0.15) is 0 Å². The summed E-state index contributed by atoms with van der Waals surface area (Å²) in [6.45, 7) is 31.7. The molecule has 56 heavy (non-hydrogen) atoms. The average Bonchev–Trinajstić information content (AvgIpc) is 3.74. The van der Waals surface area contributed by atoms with Crippen molar-refractivity contribution in [1.82, 2.24) is 29.3 Å². The molecular formula is C46H74N8O2. The number of hydrogen-bond donors (Lipinski definition) is 0. The van der Waals surface area contributed by atoms with Crippen molar-refractivity contribution >= 4 is 0 Å². The van der Waals surface area contributed by atoms with Gasteiger partial charge in [0.15, 0.2) is 7.05 Å². The van der Waals surface area contributed by atoms with Crippen molar-refractivity contribution in [2.45, 2.75) is 133 Å². The number of benzene rings is 2. The molecule has 0 aliphatic heterocycles. The van der Waals surface area contributed by atoms with Gasteiger partial charge < -0.3 is 0 Å². The Morgan fingerprint density at radius 3 is 1.18 bits per heavy atom. The third-order valence-electron chi connectivity index (χ3n) is 8.64. The zero-order valence-electron chi connectivity index (χ0n) is 38.2. The Hall–Kier alpha value is -5.04. The summed E-state index contributed by atoms with van der Waals surface area (Å²) >= 11 is 0. The molecule has 5 rings (SSSR count). The first-order chi connectivity index (χ1) is 26.0. The van der Waals surface area contributed by atoms with E-state index in [-0.39, 0.29) is 0 Å². The highest BCUT2D eigenvalue weighted by atomic mass is 16.6. The van der Waals surface area contributed by atoms with Crippen LogP contribution in [0.4, 0.5) is 0 Å². The minimum atomic E-state index is -0.500. The molecule has 0 saturated heterocycles. The summed E-state index contributed by atoms with van der Waals surface area (Å²) < 4.78 is 5.73. The van der Waals surface area contributed by atoms with E-state index in [2.05, 4.69) is 167 Å². The molecule has 0 amide bonds. The van der Waals surface area contributed by atoms with Crippen LogP contribution < -0.4 is 0 Å². The van der Waals surface area contributed by atoms with E-state index in [9.17, 15) is 0 Å². The standard InChI is InChI=1S/C9H16N2.2C9H12.2C8H14N2.C2H3N.CH3NO2/c1-6(2)9-7(3)10-11(5)8(9)4;2*1-8(2)9-6-4-3-5-7-9;1-6(2)8-5-10(4)9-7(8)3;1-6(2)8-5-9-10(4)7(8)3;1-2-3;1-2(3)4/h6H,1-5H3;2*3-8H,1-2H3;2*5-6H,1-4H3;1H3;1H3. The molecule has 0 bridgehead atoms. The van der Waals surface area contributed by atoms with E-state index in [1.807, 2.05) is 53.5 Å². The lowest BCUT2D eigenvalue weighted by atomic mass is 10.0. The smallest absolute Gasteiger partial charge is 0.194 e. The summed E-state index contributed by atoms with van der Waals surface area (Å²) in [6.07, 6.45) is 4.03. The predicted molar refractivity (Wildman–Crippen MR) is 236 cm³/mol. The highest BCUT2D eigenvalue weighted by molar-refractivity contribution is 5.27. The highest BCUT2D eigenvalue weighted by Gasteiger charge is 2.11. The van der Waals surface area contributed by atoms with E-state index in [0.717, 1.165) is 12.7 Å². The molecular weight excluding hydrogens is 697 g/mol. The molecule has 3 aromatic heterocycles. The predicted octanol–water partition coefficient (Wildman–Crippen LogP) is 11.9. The second-order valence-corrected chi connectivity index (χ2v) is 15.1. The molecule has 2 aromatic carbocycles. The van der Waals surface area contributed by atoms with Gasteiger partial charge in [-0.3, -0.25) is 24.2 Å². The maximum Gasteiger partial charge on any atom is 0.194 e. The average molecular weight is 771 g/mol. The van der Waals surface area contributed by atoms with Gasteiger partial charge in [-0.15, -0.1) is 0 Å². The van der Waals surface area contributed by atoms with E-state index in [1.54, 1.807) is 6.07 Å². The van der Waals surface area contributed by atoms with Gasteiger partial charge in [-0.2, -0.15) is 20.6 Å². The van der Waals surface area contributed by atoms with Crippen LogP contribution in [0.5, 0.6) is 0 Å². The summed E-state index contributed by atoms with van der Waals surface area (Å²) in [6, 6.07) is 22.8. The number of hydrogen-bond acceptors (Lipinski definition) is 6. The monoisotopic (exact) mass is 771 g/mol. The molecule has 0 N–H and O–H groups in total. The molecule has 0 spiro atoms. The number of nitriles is 1. The minimum Gasteiger partial charge on any atom is -0.275 e. The van der Waals surface area contributed by atoms with E-state index >= 15 is 0 Å². The topological polar surface area (TPSA) is 120 Å². The number of aromatic nitrogens is 6. The van der Waals surface area contributed by atoms with Gasteiger partial charge in [-0.1, -0.05) is 130 Å². The zero-order valence-corrected chi connectivity index (χ0v) is 38.2. The number of nitro groups is 1. The summed E-state index contributed by atoms with van der Waals surface area (Å²) in [5.74, 6) is 3.09. The first-order valence-corrected chi connectivity index (χ1v) is 19.5. The zero-order chi connectivity index (χ0) is 43.7. The fraction of sp³-hybridized carbons (Fsp3) is 0.522. The molecule has 0 radical (unpaired) electrons. The van der Waals surface area contributed by atoms with Crippen molar-refractivity contribution in [3.05, 3.63) is 134 Å². The van der Waals surface area contributed by atoms with Crippen LogP contribution in [0.3, 0.4) is 0 Å². The maximum atomic E-state index is 8.81. The van der Waals surface area contributed by atoms with Crippen LogP contribution in [0.2, 0.25) is 0 Å². The Morgan fingerprint density at radius 1 is 0.625 bits per heavy atom. The second-order valence-electron chi connectivity index (χ2n) is 15.1. The summed E-state index contributed by atoms with van der Waals surface area (Å²) in [5, 5.41) is 28.9. The van der Waals surface area contributed by atoms with Crippen LogP contribution in [0, 0.1) is 49.1 Å². The fourth-order valence-electron chi connectivity index (χ4n) is 5.57. The summed E-state index contributed by atoms with van der Waals surface area (Å²) in [5.41, 5.74) is 11.8. The third kappa shape index (κ3) is 21.7. The minimum absolute atomic E-state index is 0.500. The SMILES string of the molecule is CC#N.CC(C)c1ccccc1.CC(C)c1ccccc1.C[N+](=O)[O-].Cc1c(C(C)C)cnn1C.Cc1nn(C)c(C)c1C(C)C.Cc1nn(C)cc1C(C)C. The molecule has 0 fully saturated rings. The van der Waals surface area contributed by atoms with Crippen LogP contribution in [0.25, 0.3) is 0 Å². The second kappa shape index (κ2) is 28.4. The summed E-state index contributed by atoms with van der Waals surface area (Å²) in [7, 11) is 6.81. The van der Waals surface area contributed by atoms with E-state index in [4.69, 9.17) is 15.4 Å². The van der Waals surface area contributed by atoms with Crippen LogP contribution >= 0.6 is 0 Å². The fourth-order valence-corrected chi connectivity index (χ4v) is 5.57. The first-order valence-electron chi connectivity index (χ1n) is 19.5. The van der Waals surface area contributed by atoms with Crippen LogP contribution in [0.1, 0.15) is 156 Å². The lowest BCUT2D eigenvalue weighted by molar-refractivity contribution is -0.445. The van der Waals surface area contributed by atoms with E-state index in [0.29, 0.717) is 29.6 Å². The Balaban J connectivity index is 0. The molecule has 10 heteroatoms. The molecule has 10 nitrogen and oxygen atoms in total. The van der Waals surface area contributed by atoms with Crippen molar-refractivity contribution in [3.63, 3.8) is 0 Å². The quantitative estimate of drug-likeness (QED) is 0.130. The van der Waals surface area contributed by atoms with Gasteiger partial charge in [0.05, 0.1) is 23.7 Å². The van der Waals surface area contributed by atoms with Gasteiger partial charge in [0.2, 0.25) is 0 Å². The Bertz CT molecular complexity index is 1750. The van der Waals surface area contributed by atoms with Crippen LogP contribution in [0.15, 0.2) is 73.1 Å². The Labute approximate surface area is 340 Å². The normalized spacial score (nSPS) is 9.91. The largest absolute Gasteiger partial charge is 0.275 e. The number of rotatable bonds is 5. The van der Waals surface area contributed by atoms with Crippen molar-refractivity contribution in [2.24, 2.45) is 21.1 Å². The van der Waals surface area contributed by atoms with Gasteiger partial charge in [-0.05, 0) is 85.1 Å².